The molecule has 6 nitrogen and oxygen atoms in total. The highest BCUT2D eigenvalue weighted by atomic mass is 32.2. The number of aryl methyl sites for hydroxylation is 1. The van der Waals surface area contributed by atoms with Crippen LogP contribution in [-0.4, -0.2) is 49.3 Å². The van der Waals surface area contributed by atoms with Crippen molar-refractivity contribution in [1.82, 2.24) is 9.88 Å². The number of sulfone groups is 1. The van der Waals surface area contributed by atoms with Crippen LogP contribution < -0.4 is 5.56 Å². The predicted octanol–water partition coefficient (Wildman–Crippen LogP) is 2.17. The second-order valence-electron chi connectivity index (χ2n) is 8.85. The van der Waals surface area contributed by atoms with E-state index in [4.69, 9.17) is 0 Å². The second-order valence-corrected chi connectivity index (χ2v) is 10.8. The van der Waals surface area contributed by atoms with Crippen LogP contribution in [0.2, 0.25) is 0 Å². The molecule has 0 radical (unpaired) electrons. The fraction of sp³-hybridized carbons (Fsp3) is 0.500. The van der Waals surface area contributed by atoms with Gasteiger partial charge in [-0.3, -0.25) is 4.79 Å². The van der Waals surface area contributed by atoms with E-state index in [0.29, 0.717) is 12.8 Å². The van der Waals surface area contributed by atoms with Crippen LogP contribution in [0.3, 0.4) is 0 Å². The first-order chi connectivity index (χ1) is 13.5. The van der Waals surface area contributed by atoms with Crippen molar-refractivity contribution in [3.05, 3.63) is 57.0 Å². The summed E-state index contributed by atoms with van der Waals surface area (Å²) in [5.74, 6) is 0.490. The molecule has 0 amide bonds. The molecule has 7 heteroatoms. The number of likely N-dealkylation sites (tertiary alicyclic amines) is 1. The normalized spacial score (nSPS) is 27.3. The Morgan fingerprint density at radius 1 is 1.28 bits per heavy atom. The minimum Gasteiger partial charge on any atom is -0.508 e. The zero-order valence-electron chi connectivity index (χ0n) is 17.3. The fourth-order valence-electron chi connectivity index (χ4n) is 5.45. The Hall–Kier alpha value is -2.12. The van der Waals surface area contributed by atoms with Crippen LogP contribution >= 0.6 is 0 Å². The van der Waals surface area contributed by atoms with Gasteiger partial charge in [-0.15, -0.1) is 0 Å². The Balaban J connectivity index is 1.93. The molecular formula is C22H28N2O4S. The average molecular weight is 417 g/mol. The number of rotatable bonds is 2. The molecule has 1 aromatic heterocycles. The number of piperidine rings is 1. The molecule has 156 valence electrons. The van der Waals surface area contributed by atoms with Crippen molar-refractivity contribution >= 4 is 9.84 Å². The zero-order chi connectivity index (χ0) is 21.1. The van der Waals surface area contributed by atoms with Gasteiger partial charge < -0.3 is 15.0 Å². The van der Waals surface area contributed by atoms with E-state index in [1.54, 1.807) is 12.1 Å². The summed E-state index contributed by atoms with van der Waals surface area (Å²) in [7, 11) is -1.47. The molecule has 2 N–H and O–H groups in total. The van der Waals surface area contributed by atoms with Gasteiger partial charge >= 0.3 is 0 Å². The van der Waals surface area contributed by atoms with Gasteiger partial charge in [0.1, 0.15) is 10.6 Å². The molecule has 1 aliphatic heterocycles. The molecule has 0 spiro atoms. The number of pyridine rings is 1. The maximum absolute atomic E-state index is 12.5. The van der Waals surface area contributed by atoms with Gasteiger partial charge in [-0.2, -0.15) is 0 Å². The van der Waals surface area contributed by atoms with Crippen LogP contribution in [0, 0.1) is 12.8 Å². The van der Waals surface area contributed by atoms with Gasteiger partial charge in [-0.05, 0) is 87.5 Å². The summed E-state index contributed by atoms with van der Waals surface area (Å²) in [6.45, 7) is 5.20. The molecule has 1 fully saturated rings. The lowest BCUT2D eigenvalue weighted by Crippen LogP contribution is -2.57. The van der Waals surface area contributed by atoms with E-state index in [-0.39, 0.29) is 28.0 Å². The van der Waals surface area contributed by atoms with Gasteiger partial charge in [0.15, 0.2) is 9.84 Å². The highest BCUT2D eigenvalue weighted by Crippen LogP contribution is 2.50. The third-order valence-electron chi connectivity index (χ3n) is 7.17. The summed E-state index contributed by atoms with van der Waals surface area (Å²) < 4.78 is 24.1. The minimum atomic E-state index is -3.59. The van der Waals surface area contributed by atoms with Crippen molar-refractivity contribution in [3.8, 4) is 5.75 Å². The summed E-state index contributed by atoms with van der Waals surface area (Å²) in [5.41, 5.74) is 3.22. The first-order valence-electron chi connectivity index (χ1n) is 9.98. The van der Waals surface area contributed by atoms with Crippen molar-refractivity contribution in [2.24, 2.45) is 5.92 Å². The molecule has 2 aromatic rings. The zero-order valence-corrected chi connectivity index (χ0v) is 18.1. The molecule has 2 aliphatic rings. The molecule has 1 aromatic carbocycles. The molecule has 4 rings (SSSR count). The van der Waals surface area contributed by atoms with Gasteiger partial charge in [-0.1, -0.05) is 6.07 Å². The van der Waals surface area contributed by atoms with E-state index in [2.05, 4.69) is 30.8 Å². The average Bonchev–Trinajstić information content (AvgIpc) is 2.64. The van der Waals surface area contributed by atoms with Crippen LogP contribution in [0.1, 0.15) is 35.7 Å². The van der Waals surface area contributed by atoms with Crippen molar-refractivity contribution in [3.63, 3.8) is 0 Å². The lowest BCUT2D eigenvalue weighted by molar-refractivity contribution is 0.0447. The van der Waals surface area contributed by atoms with Crippen molar-refractivity contribution in [2.45, 2.75) is 49.5 Å². The number of fused-ring (bicyclic) bond motifs is 2. The number of H-pyrrole nitrogens is 1. The monoisotopic (exact) mass is 416 g/mol. The quantitative estimate of drug-likeness (QED) is 0.783. The molecule has 1 saturated heterocycles. The summed E-state index contributed by atoms with van der Waals surface area (Å²) in [5, 5.41) is 10.2. The summed E-state index contributed by atoms with van der Waals surface area (Å²) >= 11 is 0. The van der Waals surface area contributed by atoms with Crippen molar-refractivity contribution in [1.29, 1.82) is 0 Å². The number of phenolic OH excluding ortho intramolecular Hbond substituents is 1. The lowest BCUT2D eigenvalue weighted by Gasteiger charge is -2.54. The number of hydrogen-bond donors (Lipinski definition) is 2. The maximum atomic E-state index is 12.5. The SMILES string of the molecule is Cc1ccc(O)cc1[C@]12CCN(C)[C@H](C)[C@@H]1Cc1cc(S(C)(=O)=O)c(=O)[nH]c1C2. The Labute approximate surface area is 171 Å². The highest BCUT2D eigenvalue weighted by Gasteiger charge is 2.50. The smallest absolute Gasteiger partial charge is 0.266 e. The Morgan fingerprint density at radius 3 is 2.69 bits per heavy atom. The van der Waals surface area contributed by atoms with Gasteiger partial charge in [0.25, 0.3) is 5.56 Å². The number of aromatic hydroxyl groups is 1. The number of benzene rings is 1. The van der Waals surface area contributed by atoms with Gasteiger partial charge in [0, 0.05) is 23.4 Å². The predicted molar refractivity (Wildman–Crippen MR) is 112 cm³/mol. The van der Waals surface area contributed by atoms with Crippen LogP contribution in [0.4, 0.5) is 0 Å². The second kappa shape index (κ2) is 6.71. The standard InChI is InChI=1S/C22H28N2O4S/c1-13-5-6-16(25)11-17(13)22-7-8-24(3)14(2)18(22)9-15-10-20(29(4,27)28)21(26)23-19(15)12-22/h5-6,10-11,14,18,25H,7-9,12H2,1-4H3,(H,23,26)/t14-,18+,22-/m1/s1. The number of nitrogens with one attached hydrogen (secondary N) is 1. The molecule has 29 heavy (non-hydrogen) atoms. The van der Waals surface area contributed by atoms with Crippen molar-refractivity contribution < 1.29 is 13.5 Å². The summed E-state index contributed by atoms with van der Waals surface area (Å²) in [6.07, 6.45) is 3.31. The van der Waals surface area contributed by atoms with E-state index in [1.165, 1.54) is 0 Å². The summed E-state index contributed by atoms with van der Waals surface area (Å²) in [6, 6.07) is 7.38. The molecule has 1 aliphatic carbocycles. The lowest BCUT2D eigenvalue weighted by atomic mass is 9.56. The molecular weight excluding hydrogens is 388 g/mol. The molecule has 0 unspecified atom stereocenters. The topological polar surface area (TPSA) is 90.5 Å². The van der Waals surface area contributed by atoms with E-state index in [1.807, 2.05) is 12.1 Å². The van der Waals surface area contributed by atoms with E-state index in [0.717, 1.165) is 41.6 Å². The van der Waals surface area contributed by atoms with E-state index < -0.39 is 15.4 Å². The first kappa shape index (κ1) is 20.2. The fourth-order valence-corrected chi connectivity index (χ4v) is 6.20. The number of aromatic amines is 1. The minimum absolute atomic E-state index is 0.158. The first-order valence-corrected chi connectivity index (χ1v) is 11.9. The van der Waals surface area contributed by atoms with E-state index in [9.17, 15) is 18.3 Å². The van der Waals surface area contributed by atoms with Crippen molar-refractivity contribution in [2.75, 3.05) is 19.8 Å². The van der Waals surface area contributed by atoms with Crippen LogP contribution in [0.5, 0.6) is 5.75 Å². The van der Waals surface area contributed by atoms with Crippen LogP contribution in [-0.2, 0) is 28.1 Å². The molecule has 0 saturated carbocycles. The molecule has 2 heterocycles. The number of nitrogens with zero attached hydrogens (tertiary/aromatic N) is 1. The van der Waals surface area contributed by atoms with Gasteiger partial charge in [-0.25, -0.2) is 8.42 Å². The number of hydrogen-bond acceptors (Lipinski definition) is 5. The summed E-state index contributed by atoms with van der Waals surface area (Å²) in [4.78, 5) is 17.6. The Bertz CT molecular complexity index is 1140. The number of phenols is 1. The third-order valence-corrected chi connectivity index (χ3v) is 8.27. The molecule has 0 bridgehead atoms. The largest absolute Gasteiger partial charge is 0.508 e. The van der Waals surface area contributed by atoms with Gasteiger partial charge in [0.2, 0.25) is 0 Å². The maximum Gasteiger partial charge on any atom is 0.266 e. The number of aromatic nitrogens is 1. The molecule has 3 atom stereocenters. The Kier molecular flexibility index (Phi) is 4.66. The van der Waals surface area contributed by atoms with E-state index >= 15 is 0 Å². The van der Waals surface area contributed by atoms with Crippen LogP contribution in [0.15, 0.2) is 34.0 Å². The third kappa shape index (κ3) is 3.20. The van der Waals surface area contributed by atoms with Gasteiger partial charge in [0.05, 0.1) is 0 Å². The van der Waals surface area contributed by atoms with Crippen LogP contribution in [0.25, 0.3) is 0 Å². The highest BCUT2D eigenvalue weighted by molar-refractivity contribution is 7.90. The Morgan fingerprint density at radius 2 is 2.00 bits per heavy atom.